The molecule has 0 bridgehead atoms. The molecule has 0 aliphatic carbocycles. The number of esters is 1. The molecule has 0 atom stereocenters. The average Bonchev–Trinajstić information content (AvgIpc) is 3.57. The monoisotopic (exact) mass is 588 g/mol. The lowest BCUT2D eigenvalue weighted by molar-refractivity contribution is 0.0378. The number of nitrogens with two attached hydrogens (primary N) is 1. The highest BCUT2D eigenvalue weighted by Gasteiger charge is 2.39. The van der Waals surface area contributed by atoms with Crippen LogP contribution in [0.15, 0.2) is 30.5 Å². The van der Waals surface area contributed by atoms with E-state index in [0.29, 0.717) is 35.4 Å². The molecular weight excluding hydrogens is 544 g/mol. The summed E-state index contributed by atoms with van der Waals surface area (Å²) in [5, 5.41) is 3.28. The van der Waals surface area contributed by atoms with Gasteiger partial charge in [-0.1, -0.05) is 13.8 Å². The number of pyridine rings is 1. The Bertz CT molecular complexity index is 1490. The number of likely N-dealkylation sites (N-methyl/N-ethyl adjacent to an activating group) is 1. The molecule has 43 heavy (non-hydrogen) atoms. The van der Waals surface area contributed by atoms with Crippen LogP contribution in [0.2, 0.25) is 0 Å². The Morgan fingerprint density at radius 3 is 2.63 bits per heavy atom. The van der Waals surface area contributed by atoms with E-state index in [0.717, 1.165) is 48.9 Å². The second-order valence-electron chi connectivity index (χ2n) is 12.4. The summed E-state index contributed by atoms with van der Waals surface area (Å²) in [4.78, 5) is 34.1. The van der Waals surface area contributed by atoms with Gasteiger partial charge in [-0.2, -0.15) is 4.98 Å². The lowest BCUT2D eigenvalue weighted by Crippen LogP contribution is -2.31. The molecule has 0 saturated carbocycles. The van der Waals surface area contributed by atoms with E-state index in [9.17, 15) is 4.79 Å². The molecule has 1 fully saturated rings. The lowest BCUT2D eigenvalue weighted by Gasteiger charge is -2.26. The van der Waals surface area contributed by atoms with E-state index < -0.39 is 5.97 Å². The number of aryl methyl sites for hydroxylation is 1. The van der Waals surface area contributed by atoms with Gasteiger partial charge in [0.1, 0.15) is 11.3 Å². The van der Waals surface area contributed by atoms with E-state index in [4.69, 9.17) is 25.2 Å². The van der Waals surface area contributed by atoms with Gasteiger partial charge in [-0.25, -0.2) is 9.78 Å². The number of benzene rings is 1. The first-order valence-corrected chi connectivity index (χ1v) is 15.0. The van der Waals surface area contributed by atoms with Crippen LogP contribution in [-0.4, -0.2) is 78.8 Å². The van der Waals surface area contributed by atoms with Crippen molar-refractivity contribution < 1.29 is 14.3 Å². The van der Waals surface area contributed by atoms with Crippen molar-refractivity contribution >= 4 is 40.5 Å². The normalized spacial score (nSPS) is 16.0. The molecule has 11 nitrogen and oxygen atoms in total. The number of hydrogen-bond acceptors (Lipinski definition) is 11. The summed E-state index contributed by atoms with van der Waals surface area (Å²) in [6.07, 6.45) is 3.76. The van der Waals surface area contributed by atoms with Crippen molar-refractivity contribution in [2.75, 3.05) is 67.7 Å². The Morgan fingerprint density at radius 1 is 1.19 bits per heavy atom. The number of rotatable bonds is 10. The number of anilines is 6. The zero-order valence-electron chi connectivity index (χ0n) is 26.4. The molecule has 3 aromatic rings. The summed E-state index contributed by atoms with van der Waals surface area (Å²) in [6, 6.07) is 7.77. The number of fused-ring (bicyclic) bond motifs is 1. The minimum Gasteiger partial charge on any atom is -0.494 e. The summed E-state index contributed by atoms with van der Waals surface area (Å²) in [6.45, 7) is 14.7. The number of nitrogen functional groups attached to an aromatic ring is 1. The molecule has 2 aliphatic rings. The predicted octanol–water partition coefficient (Wildman–Crippen LogP) is 5.04. The molecule has 2 aromatic heterocycles. The summed E-state index contributed by atoms with van der Waals surface area (Å²) in [5.41, 5.74) is 11.5. The second-order valence-corrected chi connectivity index (χ2v) is 12.4. The fourth-order valence-electron chi connectivity index (χ4n) is 5.79. The first kappa shape index (κ1) is 30.3. The largest absolute Gasteiger partial charge is 0.494 e. The molecule has 0 amide bonds. The van der Waals surface area contributed by atoms with Gasteiger partial charge in [-0.05, 0) is 64.9 Å². The molecule has 0 spiro atoms. The minimum atomic E-state index is -0.481. The van der Waals surface area contributed by atoms with Crippen molar-refractivity contribution in [1.82, 2.24) is 19.9 Å². The standard InChI is InChI=1S/C32H44N8O3/c1-20(2)43-30(41)22-18-34-31(37-29(22)40-19-32(4,5)28-25(40)11-10-21(3)35-28)36-24-16-23(33)26(17-27(24)42-7)38(6)14-15-39-12-8-9-13-39/h10-11,16-18,20H,8-9,12-15,19,33H2,1-7H3,(H,34,36,37). The van der Waals surface area contributed by atoms with Crippen LogP contribution in [0, 0.1) is 6.92 Å². The van der Waals surface area contributed by atoms with E-state index in [2.05, 4.69) is 33.9 Å². The Labute approximate surface area is 254 Å². The lowest BCUT2D eigenvalue weighted by atomic mass is 9.91. The Hall–Kier alpha value is -4.12. The van der Waals surface area contributed by atoms with Gasteiger partial charge in [0.15, 0.2) is 5.82 Å². The van der Waals surface area contributed by atoms with E-state index in [1.807, 2.05) is 57.0 Å². The Balaban J connectivity index is 1.47. The van der Waals surface area contributed by atoms with E-state index in [-0.39, 0.29) is 17.1 Å². The van der Waals surface area contributed by atoms with Crippen LogP contribution in [0.5, 0.6) is 5.75 Å². The summed E-state index contributed by atoms with van der Waals surface area (Å²) < 4.78 is 11.3. The molecule has 5 rings (SSSR count). The van der Waals surface area contributed by atoms with Gasteiger partial charge < -0.3 is 35.2 Å². The first-order chi connectivity index (χ1) is 20.5. The number of likely N-dealkylation sites (tertiary alicyclic amines) is 1. The van der Waals surface area contributed by atoms with Gasteiger partial charge in [-0.3, -0.25) is 4.98 Å². The SMILES string of the molecule is COc1cc(N(C)CCN2CCCC2)c(N)cc1Nc1ncc(C(=O)OC(C)C)c(N2CC(C)(C)c3nc(C)ccc32)n1. The maximum atomic E-state index is 13.2. The van der Waals surface area contributed by atoms with Gasteiger partial charge in [-0.15, -0.1) is 0 Å². The van der Waals surface area contributed by atoms with E-state index in [1.54, 1.807) is 7.11 Å². The third kappa shape index (κ3) is 6.46. The van der Waals surface area contributed by atoms with Crippen molar-refractivity contribution in [2.24, 2.45) is 0 Å². The van der Waals surface area contributed by atoms with Crippen molar-refractivity contribution in [2.45, 2.75) is 59.0 Å². The van der Waals surface area contributed by atoms with Gasteiger partial charge in [0.05, 0.1) is 41.7 Å². The van der Waals surface area contributed by atoms with Crippen LogP contribution in [0.1, 0.15) is 62.3 Å². The zero-order valence-corrected chi connectivity index (χ0v) is 26.4. The van der Waals surface area contributed by atoms with Crippen molar-refractivity contribution in [3.8, 4) is 5.75 Å². The molecule has 11 heteroatoms. The summed E-state index contributed by atoms with van der Waals surface area (Å²) in [7, 11) is 3.67. The quantitative estimate of drug-likeness (QED) is 0.245. The van der Waals surface area contributed by atoms with Crippen molar-refractivity contribution in [1.29, 1.82) is 0 Å². The van der Waals surface area contributed by atoms with Gasteiger partial charge in [0.2, 0.25) is 5.95 Å². The van der Waals surface area contributed by atoms with Crippen molar-refractivity contribution in [3.63, 3.8) is 0 Å². The van der Waals surface area contributed by atoms with Crippen LogP contribution >= 0.6 is 0 Å². The first-order valence-electron chi connectivity index (χ1n) is 15.0. The molecule has 2 aliphatic heterocycles. The van der Waals surface area contributed by atoms with Crippen molar-refractivity contribution in [3.05, 3.63) is 47.4 Å². The molecule has 1 aromatic carbocycles. The Kier molecular flexibility index (Phi) is 8.64. The molecule has 230 valence electrons. The van der Waals surface area contributed by atoms with Gasteiger partial charge in [0, 0.05) is 50.1 Å². The maximum Gasteiger partial charge on any atom is 0.343 e. The van der Waals surface area contributed by atoms with Crippen LogP contribution in [-0.2, 0) is 10.2 Å². The number of ether oxygens (including phenoxy) is 2. The van der Waals surface area contributed by atoms with Crippen LogP contribution in [0.25, 0.3) is 0 Å². The van der Waals surface area contributed by atoms with Crippen LogP contribution in [0.4, 0.5) is 34.5 Å². The van der Waals surface area contributed by atoms with E-state index >= 15 is 0 Å². The predicted molar refractivity (Wildman–Crippen MR) is 171 cm³/mol. The molecule has 0 radical (unpaired) electrons. The number of carbonyl (C=O) groups excluding carboxylic acids is 1. The summed E-state index contributed by atoms with van der Waals surface area (Å²) >= 11 is 0. The smallest absolute Gasteiger partial charge is 0.343 e. The van der Waals surface area contributed by atoms with Crippen LogP contribution < -0.4 is 25.6 Å². The Morgan fingerprint density at radius 2 is 1.93 bits per heavy atom. The number of methoxy groups -OCH3 is 1. The van der Waals surface area contributed by atoms with Gasteiger partial charge in [0.25, 0.3) is 0 Å². The highest BCUT2D eigenvalue weighted by molar-refractivity contribution is 5.96. The van der Waals surface area contributed by atoms with Crippen LogP contribution in [0.3, 0.4) is 0 Å². The topological polar surface area (TPSA) is 122 Å². The minimum absolute atomic E-state index is 0.257. The molecule has 4 heterocycles. The molecule has 0 unspecified atom stereocenters. The fourth-order valence-corrected chi connectivity index (χ4v) is 5.79. The third-order valence-electron chi connectivity index (χ3n) is 8.04. The summed E-state index contributed by atoms with van der Waals surface area (Å²) in [5.74, 6) is 0.880. The average molecular weight is 589 g/mol. The fraction of sp³-hybridized carbons (Fsp3) is 0.500. The molecule has 3 N–H and O–H groups in total. The number of hydrogen-bond donors (Lipinski definition) is 2. The molecule has 1 saturated heterocycles. The van der Waals surface area contributed by atoms with E-state index in [1.165, 1.54) is 19.0 Å². The van der Waals surface area contributed by atoms with Gasteiger partial charge >= 0.3 is 5.97 Å². The molecular formula is C32H44N8O3. The maximum absolute atomic E-state index is 13.2. The number of aromatic nitrogens is 3. The number of nitrogens with zero attached hydrogens (tertiary/aromatic N) is 6. The third-order valence-corrected chi connectivity index (χ3v) is 8.04. The number of carbonyl (C=O) groups is 1. The number of nitrogens with one attached hydrogen (secondary N) is 1. The highest BCUT2D eigenvalue weighted by atomic mass is 16.5. The highest BCUT2D eigenvalue weighted by Crippen LogP contribution is 2.44. The second kappa shape index (κ2) is 12.2. The zero-order chi connectivity index (χ0) is 30.9.